The molecule has 0 amide bonds. The molecule has 4 rings (SSSR count). The summed E-state index contributed by atoms with van der Waals surface area (Å²) in [5, 5.41) is 5.65. The van der Waals surface area contributed by atoms with Crippen molar-refractivity contribution in [1.82, 2.24) is 20.2 Å². The number of halogens is 1. The van der Waals surface area contributed by atoms with Crippen LogP contribution in [-0.4, -0.2) is 60.1 Å². The van der Waals surface area contributed by atoms with Gasteiger partial charge in [-0.05, 0) is 29.6 Å². The van der Waals surface area contributed by atoms with Crippen LogP contribution in [0, 0.1) is 0 Å². The highest BCUT2D eigenvalue weighted by Crippen LogP contribution is 2.11. The predicted molar refractivity (Wildman–Crippen MR) is 132 cm³/mol. The minimum atomic E-state index is 0. The Morgan fingerprint density at radius 2 is 1.90 bits per heavy atom. The van der Waals surface area contributed by atoms with E-state index in [4.69, 9.17) is 9.41 Å². The Morgan fingerprint density at radius 1 is 1.07 bits per heavy atom. The molecule has 3 aromatic rings. The van der Waals surface area contributed by atoms with Crippen LogP contribution in [0.25, 0.3) is 0 Å². The van der Waals surface area contributed by atoms with Crippen molar-refractivity contribution in [1.29, 1.82) is 0 Å². The number of aliphatic imine (C=N–C) groups is 1. The first-order valence-corrected chi connectivity index (χ1v) is 10.9. The number of anilines is 1. The number of nitrogens with zero attached hydrogens (tertiary/aromatic N) is 5. The molecule has 0 unspecified atom stereocenters. The van der Waals surface area contributed by atoms with Crippen molar-refractivity contribution >= 4 is 47.2 Å². The zero-order valence-corrected chi connectivity index (χ0v) is 20.0. The van der Waals surface area contributed by atoms with E-state index in [2.05, 4.69) is 42.6 Å². The Balaban J connectivity index is 0.00000256. The monoisotopic (exact) mass is 538 g/mol. The number of hydrogen-bond acceptors (Lipinski definition) is 6. The molecule has 9 heteroatoms. The Hall–Kier alpha value is -2.14. The molecule has 0 aromatic carbocycles. The van der Waals surface area contributed by atoms with Gasteiger partial charge in [-0.25, -0.2) is 9.97 Å². The average Bonchev–Trinajstić information content (AvgIpc) is 3.48. The molecule has 4 heterocycles. The Labute approximate surface area is 198 Å². The first kappa shape index (κ1) is 22.5. The van der Waals surface area contributed by atoms with Crippen LogP contribution in [0.15, 0.2) is 63.8 Å². The molecule has 0 spiro atoms. The number of piperazine rings is 1. The maximum absolute atomic E-state index is 5.44. The van der Waals surface area contributed by atoms with E-state index < -0.39 is 0 Å². The number of thiophene rings is 1. The van der Waals surface area contributed by atoms with E-state index >= 15 is 0 Å². The molecule has 3 aromatic heterocycles. The maximum atomic E-state index is 5.44. The van der Waals surface area contributed by atoms with Gasteiger partial charge in [0.25, 0.3) is 0 Å². The van der Waals surface area contributed by atoms with Gasteiger partial charge in [0.05, 0.1) is 6.26 Å². The Morgan fingerprint density at radius 3 is 2.60 bits per heavy atom. The van der Waals surface area contributed by atoms with Crippen molar-refractivity contribution in [2.24, 2.45) is 4.99 Å². The quantitative estimate of drug-likeness (QED) is 0.283. The van der Waals surface area contributed by atoms with E-state index in [9.17, 15) is 0 Å². The van der Waals surface area contributed by atoms with Crippen LogP contribution >= 0.6 is 35.3 Å². The molecular formula is C21H27IN6OS. The van der Waals surface area contributed by atoms with E-state index in [1.807, 2.05) is 18.2 Å². The predicted octanol–water partition coefficient (Wildman–Crippen LogP) is 3.30. The topological polar surface area (TPSA) is 69.8 Å². The highest BCUT2D eigenvalue weighted by molar-refractivity contribution is 14.0. The van der Waals surface area contributed by atoms with Gasteiger partial charge >= 0.3 is 0 Å². The lowest BCUT2D eigenvalue weighted by molar-refractivity contribution is 0.369. The molecule has 0 radical (unpaired) electrons. The summed E-state index contributed by atoms with van der Waals surface area (Å²) in [7, 11) is 0. The van der Waals surface area contributed by atoms with Crippen molar-refractivity contribution in [2.45, 2.75) is 12.8 Å². The fourth-order valence-electron chi connectivity index (χ4n) is 3.32. The third-order valence-corrected chi connectivity index (χ3v) is 5.78. The summed E-state index contributed by atoms with van der Waals surface area (Å²) in [4.78, 5) is 19.6. The molecule has 1 N–H and O–H groups in total. The van der Waals surface area contributed by atoms with E-state index in [1.165, 1.54) is 4.88 Å². The van der Waals surface area contributed by atoms with E-state index in [0.29, 0.717) is 0 Å². The van der Waals surface area contributed by atoms with Gasteiger partial charge in [-0.1, -0.05) is 6.07 Å². The smallest absolute Gasteiger partial charge is 0.225 e. The largest absolute Gasteiger partial charge is 0.469 e. The lowest BCUT2D eigenvalue weighted by Gasteiger charge is -2.36. The van der Waals surface area contributed by atoms with Crippen LogP contribution in [-0.2, 0) is 12.8 Å². The summed E-state index contributed by atoms with van der Waals surface area (Å²) in [5.74, 6) is 2.76. The summed E-state index contributed by atoms with van der Waals surface area (Å²) < 4.78 is 5.44. The highest BCUT2D eigenvalue weighted by atomic mass is 127. The second-order valence-electron chi connectivity index (χ2n) is 6.81. The lowest BCUT2D eigenvalue weighted by Crippen LogP contribution is -2.53. The normalized spacial score (nSPS) is 14.5. The number of furan rings is 1. The molecule has 30 heavy (non-hydrogen) atoms. The second-order valence-corrected chi connectivity index (χ2v) is 7.85. The van der Waals surface area contributed by atoms with Crippen molar-refractivity contribution in [3.63, 3.8) is 0 Å². The summed E-state index contributed by atoms with van der Waals surface area (Å²) in [6.07, 6.45) is 7.12. The van der Waals surface area contributed by atoms with Crippen LogP contribution in [0.4, 0.5) is 5.95 Å². The van der Waals surface area contributed by atoms with Crippen LogP contribution in [0.1, 0.15) is 10.6 Å². The molecule has 1 aliphatic rings. The van der Waals surface area contributed by atoms with E-state index in [1.54, 1.807) is 30.0 Å². The third-order valence-electron chi connectivity index (χ3n) is 4.85. The molecule has 1 saturated heterocycles. The van der Waals surface area contributed by atoms with Crippen LogP contribution < -0.4 is 10.2 Å². The van der Waals surface area contributed by atoms with Crippen LogP contribution in [0.5, 0.6) is 0 Å². The minimum absolute atomic E-state index is 0. The zero-order valence-electron chi connectivity index (χ0n) is 16.8. The van der Waals surface area contributed by atoms with E-state index in [0.717, 1.165) is 69.8 Å². The van der Waals surface area contributed by atoms with Gasteiger partial charge in [-0.3, -0.25) is 4.99 Å². The molecule has 1 fully saturated rings. The fraction of sp³-hybridized carbons (Fsp3) is 0.381. The number of aromatic nitrogens is 2. The summed E-state index contributed by atoms with van der Waals surface area (Å²) >= 11 is 1.79. The van der Waals surface area contributed by atoms with Gasteiger partial charge in [0.1, 0.15) is 5.76 Å². The van der Waals surface area contributed by atoms with Gasteiger partial charge in [0.2, 0.25) is 5.95 Å². The van der Waals surface area contributed by atoms with Gasteiger partial charge in [-0.15, -0.1) is 35.3 Å². The average molecular weight is 538 g/mol. The van der Waals surface area contributed by atoms with Crippen molar-refractivity contribution in [2.75, 3.05) is 44.2 Å². The summed E-state index contributed by atoms with van der Waals surface area (Å²) in [5.41, 5.74) is 0. The van der Waals surface area contributed by atoms with Crippen LogP contribution in [0.2, 0.25) is 0 Å². The standard InChI is InChI=1S/C21H26N6OS.HI/c1-4-18(28-16-1)6-10-24-21(25-11-7-19-5-2-17-29-19)27-14-12-26(13-15-27)20-22-8-3-9-23-20;/h1-5,8-9,16-17H,6-7,10-15H2,(H,24,25);1H. The molecule has 7 nitrogen and oxygen atoms in total. The van der Waals surface area contributed by atoms with Crippen molar-refractivity contribution < 1.29 is 4.42 Å². The third kappa shape index (κ3) is 6.43. The fourth-order valence-corrected chi connectivity index (χ4v) is 4.02. The van der Waals surface area contributed by atoms with Gasteiger partial charge in [-0.2, -0.15) is 0 Å². The number of nitrogens with one attached hydrogen (secondary N) is 1. The molecule has 160 valence electrons. The highest BCUT2D eigenvalue weighted by Gasteiger charge is 2.21. The Kier molecular flexibility index (Phi) is 8.94. The summed E-state index contributed by atoms with van der Waals surface area (Å²) in [6, 6.07) is 10.0. The van der Waals surface area contributed by atoms with E-state index in [-0.39, 0.29) is 24.0 Å². The summed E-state index contributed by atoms with van der Waals surface area (Å²) in [6.45, 7) is 5.13. The maximum Gasteiger partial charge on any atom is 0.225 e. The minimum Gasteiger partial charge on any atom is -0.469 e. The van der Waals surface area contributed by atoms with Gasteiger partial charge < -0.3 is 19.5 Å². The molecule has 0 atom stereocenters. The SMILES string of the molecule is I.c1cnc(N2CCN(C(=NCCc3cccs3)NCCc3ccco3)CC2)nc1. The second kappa shape index (κ2) is 11.9. The number of guanidine groups is 1. The lowest BCUT2D eigenvalue weighted by atomic mass is 10.3. The molecule has 1 aliphatic heterocycles. The Bertz CT molecular complexity index is 864. The zero-order chi connectivity index (χ0) is 19.7. The molecule has 0 aliphatic carbocycles. The van der Waals surface area contributed by atoms with Gasteiger partial charge in [0, 0.05) is 69.4 Å². The van der Waals surface area contributed by atoms with Crippen molar-refractivity contribution in [3.05, 3.63) is 65.0 Å². The first-order chi connectivity index (χ1) is 14.4. The van der Waals surface area contributed by atoms with Gasteiger partial charge in [0.15, 0.2) is 5.96 Å². The molecule has 0 saturated carbocycles. The first-order valence-electron chi connectivity index (χ1n) is 9.98. The number of hydrogen-bond donors (Lipinski definition) is 1. The number of rotatable bonds is 7. The molecule has 0 bridgehead atoms. The van der Waals surface area contributed by atoms with Crippen LogP contribution in [0.3, 0.4) is 0 Å². The van der Waals surface area contributed by atoms with Crippen molar-refractivity contribution in [3.8, 4) is 0 Å². The molecular weight excluding hydrogens is 511 g/mol.